The number of hydrogen-bond donors (Lipinski definition) is 2. The van der Waals surface area contributed by atoms with Crippen LogP contribution < -0.4 is 10.6 Å². The zero-order valence-corrected chi connectivity index (χ0v) is 18.0. The van der Waals surface area contributed by atoms with Gasteiger partial charge in [0, 0.05) is 12.1 Å². The van der Waals surface area contributed by atoms with Crippen LogP contribution in [0.4, 0.5) is 0 Å². The molecule has 4 atom stereocenters. The first-order valence-electron chi connectivity index (χ1n) is 9.31. The minimum absolute atomic E-state index is 0. The monoisotopic (exact) mass is 414 g/mol. The van der Waals surface area contributed by atoms with E-state index in [4.69, 9.17) is 9.47 Å². The van der Waals surface area contributed by atoms with Crippen LogP contribution >= 0.6 is 24.8 Å². The van der Waals surface area contributed by atoms with Crippen molar-refractivity contribution in [3.8, 4) is 0 Å². The Balaban J connectivity index is 0. The maximum absolute atomic E-state index is 11.3. The van der Waals surface area contributed by atoms with Crippen molar-refractivity contribution in [2.75, 3.05) is 26.3 Å². The van der Waals surface area contributed by atoms with Crippen molar-refractivity contribution in [1.29, 1.82) is 0 Å². The van der Waals surface area contributed by atoms with Crippen LogP contribution in [0.3, 0.4) is 0 Å². The number of rotatable bonds is 4. The molecule has 0 saturated carbocycles. The minimum Gasteiger partial charge on any atom is -0.466 e. The molecule has 2 saturated heterocycles. The molecule has 0 radical (unpaired) electrons. The van der Waals surface area contributed by atoms with Gasteiger partial charge in [-0.15, -0.1) is 24.8 Å². The molecule has 0 spiro atoms. The molecule has 0 aliphatic carbocycles. The van der Waals surface area contributed by atoms with Gasteiger partial charge < -0.3 is 20.1 Å². The zero-order chi connectivity index (χ0) is 17.9. The largest absolute Gasteiger partial charge is 0.466 e. The Morgan fingerprint density at radius 3 is 1.42 bits per heavy atom. The number of ether oxygens (including phenoxy) is 2. The van der Waals surface area contributed by atoms with E-state index in [-0.39, 0.29) is 60.7 Å². The van der Waals surface area contributed by atoms with Gasteiger partial charge in [0.1, 0.15) is 0 Å². The third-order valence-electron chi connectivity index (χ3n) is 4.70. The van der Waals surface area contributed by atoms with Crippen LogP contribution in [0.2, 0.25) is 0 Å². The predicted octanol–water partition coefficient (Wildman–Crippen LogP) is 2.72. The van der Waals surface area contributed by atoms with Crippen molar-refractivity contribution in [2.45, 2.75) is 65.5 Å². The molecule has 0 aromatic heterocycles. The SMILES string of the molecule is CCOC(=O)[C@@H]1CCCN[C@@H]1C.CCOC(=O)[C@H]1CCCN[C@H]1C.Cl.Cl. The highest BCUT2D eigenvalue weighted by molar-refractivity contribution is 5.85. The molecule has 6 nitrogen and oxygen atoms in total. The van der Waals surface area contributed by atoms with Crippen molar-refractivity contribution in [3.05, 3.63) is 0 Å². The molecule has 2 rings (SSSR count). The van der Waals surface area contributed by atoms with Crippen LogP contribution in [0.25, 0.3) is 0 Å². The molecule has 0 amide bonds. The van der Waals surface area contributed by atoms with E-state index in [0.29, 0.717) is 13.2 Å². The lowest BCUT2D eigenvalue weighted by atomic mass is 9.92. The van der Waals surface area contributed by atoms with Gasteiger partial charge in [-0.1, -0.05) is 0 Å². The molecule has 2 aliphatic heterocycles. The zero-order valence-electron chi connectivity index (χ0n) is 16.4. The van der Waals surface area contributed by atoms with E-state index in [1.165, 1.54) is 0 Å². The van der Waals surface area contributed by atoms with E-state index >= 15 is 0 Å². The van der Waals surface area contributed by atoms with Crippen LogP contribution in [-0.4, -0.2) is 50.3 Å². The van der Waals surface area contributed by atoms with Gasteiger partial charge in [0.2, 0.25) is 0 Å². The maximum Gasteiger partial charge on any atom is 0.310 e. The lowest BCUT2D eigenvalue weighted by Crippen LogP contribution is -2.43. The van der Waals surface area contributed by atoms with Crippen LogP contribution in [0.1, 0.15) is 53.4 Å². The summed E-state index contributed by atoms with van der Waals surface area (Å²) in [5.74, 6) is 0.0480. The molecule has 8 heteroatoms. The van der Waals surface area contributed by atoms with Gasteiger partial charge in [0.15, 0.2) is 0 Å². The summed E-state index contributed by atoms with van der Waals surface area (Å²) in [6, 6.07) is 0.551. The van der Waals surface area contributed by atoms with Gasteiger partial charge in [0.25, 0.3) is 0 Å². The average Bonchev–Trinajstić information content (AvgIpc) is 2.56. The van der Waals surface area contributed by atoms with Crippen molar-refractivity contribution in [1.82, 2.24) is 10.6 Å². The Hall–Kier alpha value is -0.560. The Labute approximate surface area is 170 Å². The summed E-state index contributed by atoms with van der Waals surface area (Å²) in [6.45, 7) is 10.8. The number of hydrogen-bond acceptors (Lipinski definition) is 6. The van der Waals surface area contributed by atoms with Gasteiger partial charge in [0.05, 0.1) is 25.0 Å². The molecule has 0 aromatic rings. The highest BCUT2D eigenvalue weighted by Crippen LogP contribution is 2.18. The number of esters is 2. The average molecular weight is 415 g/mol. The van der Waals surface area contributed by atoms with Crippen LogP contribution in [0, 0.1) is 11.8 Å². The van der Waals surface area contributed by atoms with E-state index in [9.17, 15) is 9.59 Å². The van der Waals surface area contributed by atoms with E-state index < -0.39 is 0 Å². The first-order chi connectivity index (χ1) is 11.5. The van der Waals surface area contributed by atoms with Crippen LogP contribution in [-0.2, 0) is 19.1 Å². The number of carbonyl (C=O) groups is 2. The van der Waals surface area contributed by atoms with Crippen molar-refractivity contribution >= 4 is 36.8 Å². The molecule has 0 aromatic carbocycles. The van der Waals surface area contributed by atoms with Gasteiger partial charge in [-0.05, 0) is 66.5 Å². The minimum atomic E-state index is -0.0443. The second-order valence-corrected chi connectivity index (χ2v) is 6.49. The van der Waals surface area contributed by atoms with Gasteiger partial charge in [-0.25, -0.2) is 0 Å². The smallest absolute Gasteiger partial charge is 0.310 e. The number of nitrogens with one attached hydrogen (secondary N) is 2. The maximum atomic E-state index is 11.3. The second-order valence-electron chi connectivity index (χ2n) is 6.49. The highest BCUT2D eigenvalue weighted by Gasteiger charge is 2.29. The molecule has 2 N–H and O–H groups in total. The Bertz CT molecular complexity index is 363. The van der Waals surface area contributed by atoms with E-state index in [0.717, 1.165) is 38.8 Å². The van der Waals surface area contributed by atoms with E-state index in [2.05, 4.69) is 10.6 Å². The summed E-state index contributed by atoms with van der Waals surface area (Å²) < 4.78 is 9.95. The standard InChI is InChI=1S/2C9H17NO2.2ClH/c2*1-3-12-9(11)8-5-4-6-10-7(8)2;;/h2*7-8,10H,3-6H2,1-2H3;2*1H/t2*7-,8-;;/m10../s1. The normalized spacial score (nSPS) is 27.5. The summed E-state index contributed by atoms with van der Waals surface area (Å²) in [6.07, 6.45) is 4.08. The molecule has 2 heterocycles. The van der Waals surface area contributed by atoms with Crippen LogP contribution in [0.15, 0.2) is 0 Å². The summed E-state index contributed by atoms with van der Waals surface area (Å²) in [4.78, 5) is 22.7. The Morgan fingerprint density at radius 1 is 0.808 bits per heavy atom. The second kappa shape index (κ2) is 15.5. The molecular weight excluding hydrogens is 379 g/mol. The molecule has 156 valence electrons. The predicted molar refractivity (Wildman–Crippen MR) is 108 cm³/mol. The number of halogens is 2. The summed E-state index contributed by atoms with van der Waals surface area (Å²) in [5.41, 5.74) is 0. The van der Waals surface area contributed by atoms with Crippen molar-refractivity contribution in [3.63, 3.8) is 0 Å². The summed E-state index contributed by atoms with van der Waals surface area (Å²) in [7, 11) is 0. The fourth-order valence-corrected chi connectivity index (χ4v) is 3.23. The quantitative estimate of drug-likeness (QED) is 0.688. The van der Waals surface area contributed by atoms with E-state index in [1.54, 1.807) is 0 Å². The third kappa shape index (κ3) is 9.40. The summed E-state index contributed by atoms with van der Waals surface area (Å²) >= 11 is 0. The molecule has 2 aliphatic rings. The highest BCUT2D eigenvalue weighted by atomic mass is 35.5. The Kier molecular flexibility index (Phi) is 16.5. The van der Waals surface area contributed by atoms with Crippen LogP contribution in [0.5, 0.6) is 0 Å². The topological polar surface area (TPSA) is 76.7 Å². The molecule has 26 heavy (non-hydrogen) atoms. The van der Waals surface area contributed by atoms with Crippen molar-refractivity contribution in [2.24, 2.45) is 11.8 Å². The lowest BCUT2D eigenvalue weighted by molar-refractivity contribution is -0.150. The fraction of sp³-hybridized carbons (Fsp3) is 0.889. The van der Waals surface area contributed by atoms with Gasteiger partial charge in [-0.2, -0.15) is 0 Å². The van der Waals surface area contributed by atoms with Crippen molar-refractivity contribution < 1.29 is 19.1 Å². The first-order valence-corrected chi connectivity index (χ1v) is 9.31. The fourth-order valence-electron chi connectivity index (χ4n) is 3.23. The Morgan fingerprint density at radius 2 is 1.15 bits per heavy atom. The molecule has 0 bridgehead atoms. The first kappa shape index (κ1) is 27.7. The van der Waals surface area contributed by atoms with Gasteiger partial charge >= 0.3 is 11.9 Å². The number of piperidine rings is 2. The number of carbonyl (C=O) groups excluding carboxylic acids is 2. The molecular formula is C18H36Cl2N2O4. The van der Waals surface area contributed by atoms with E-state index in [1.807, 2.05) is 27.7 Å². The third-order valence-corrected chi connectivity index (χ3v) is 4.70. The van der Waals surface area contributed by atoms with Gasteiger partial charge in [-0.3, -0.25) is 9.59 Å². The lowest BCUT2D eigenvalue weighted by Gasteiger charge is -2.27. The molecule has 2 fully saturated rings. The molecule has 0 unspecified atom stereocenters. The summed E-state index contributed by atoms with van der Waals surface area (Å²) in [5, 5.41) is 6.54.